The Hall–Kier alpha value is -2.01. The lowest BCUT2D eigenvalue weighted by Crippen LogP contribution is -2.07. The maximum atomic E-state index is 11.9. The Kier molecular flexibility index (Phi) is 3.59. The minimum atomic E-state index is -0.441. The van der Waals surface area contributed by atoms with Crippen LogP contribution in [0.5, 0.6) is 0 Å². The molecule has 0 atom stereocenters. The molecule has 21 heavy (non-hydrogen) atoms. The molecule has 1 aliphatic carbocycles. The van der Waals surface area contributed by atoms with Gasteiger partial charge in [0.2, 0.25) is 0 Å². The fourth-order valence-electron chi connectivity index (χ4n) is 2.21. The fourth-order valence-corrected chi connectivity index (χ4v) is 2.42. The van der Waals surface area contributed by atoms with Gasteiger partial charge in [0.15, 0.2) is 0 Å². The van der Waals surface area contributed by atoms with E-state index in [-0.39, 0.29) is 0 Å². The van der Waals surface area contributed by atoms with Crippen LogP contribution in [0.15, 0.2) is 18.2 Å². The molecule has 0 saturated heterocycles. The maximum absolute atomic E-state index is 11.9. The van der Waals surface area contributed by atoms with Crippen molar-refractivity contribution in [1.29, 1.82) is 0 Å². The lowest BCUT2D eigenvalue weighted by atomic mass is 10.1. The molecule has 6 heteroatoms. The van der Waals surface area contributed by atoms with Crippen molar-refractivity contribution in [2.45, 2.75) is 25.7 Å². The number of aromatic nitrogens is 3. The van der Waals surface area contributed by atoms with Crippen molar-refractivity contribution >= 4 is 17.6 Å². The monoisotopic (exact) mass is 303 g/mol. The summed E-state index contributed by atoms with van der Waals surface area (Å²) in [5, 5.41) is 8.57. The van der Waals surface area contributed by atoms with E-state index in [1.807, 2.05) is 6.07 Å². The number of aryl methyl sites for hydroxylation is 1. The SMILES string of the molecule is COC(=O)c1cc(C)nnc1-c1cc(Cl)nc(C2CC2)c1. The van der Waals surface area contributed by atoms with E-state index in [0.717, 1.165) is 24.1 Å². The van der Waals surface area contributed by atoms with Crippen molar-refractivity contribution in [3.63, 3.8) is 0 Å². The van der Waals surface area contributed by atoms with Crippen LogP contribution in [-0.2, 0) is 4.74 Å². The average molecular weight is 304 g/mol. The fraction of sp³-hybridized carbons (Fsp3) is 0.333. The smallest absolute Gasteiger partial charge is 0.340 e. The molecule has 2 heterocycles. The number of hydrogen-bond acceptors (Lipinski definition) is 5. The largest absolute Gasteiger partial charge is 0.465 e. The predicted molar refractivity (Wildman–Crippen MR) is 78.3 cm³/mol. The first-order chi connectivity index (χ1) is 10.1. The van der Waals surface area contributed by atoms with Crippen LogP contribution in [0.1, 0.15) is 40.5 Å². The van der Waals surface area contributed by atoms with Gasteiger partial charge in [0, 0.05) is 17.2 Å². The summed E-state index contributed by atoms with van der Waals surface area (Å²) in [6.45, 7) is 1.78. The first-order valence-electron chi connectivity index (χ1n) is 6.69. The summed E-state index contributed by atoms with van der Waals surface area (Å²) in [7, 11) is 1.34. The number of esters is 1. The first kappa shape index (κ1) is 13.9. The van der Waals surface area contributed by atoms with E-state index in [1.54, 1.807) is 19.1 Å². The van der Waals surface area contributed by atoms with Gasteiger partial charge in [0.05, 0.1) is 18.4 Å². The molecule has 0 spiro atoms. The number of hydrogen-bond donors (Lipinski definition) is 0. The Labute approximate surface area is 127 Å². The van der Waals surface area contributed by atoms with Crippen molar-refractivity contribution in [3.8, 4) is 11.3 Å². The number of pyridine rings is 1. The number of ether oxygens (including phenoxy) is 1. The number of halogens is 1. The van der Waals surface area contributed by atoms with Gasteiger partial charge in [-0.1, -0.05) is 11.6 Å². The zero-order chi connectivity index (χ0) is 15.0. The molecule has 0 amide bonds. The molecule has 1 aliphatic rings. The van der Waals surface area contributed by atoms with Gasteiger partial charge in [-0.3, -0.25) is 0 Å². The Morgan fingerprint density at radius 1 is 1.29 bits per heavy atom. The Morgan fingerprint density at radius 3 is 2.71 bits per heavy atom. The van der Waals surface area contributed by atoms with E-state index in [9.17, 15) is 4.79 Å². The van der Waals surface area contributed by atoms with E-state index >= 15 is 0 Å². The third-order valence-electron chi connectivity index (χ3n) is 3.40. The third-order valence-corrected chi connectivity index (χ3v) is 3.60. The minimum absolute atomic E-state index is 0.383. The molecule has 0 bridgehead atoms. The molecular formula is C15H14ClN3O2. The van der Waals surface area contributed by atoms with Crippen LogP contribution in [-0.4, -0.2) is 28.3 Å². The van der Waals surface area contributed by atoms with Crippen LogP contribution in [0.4, 0.5) is 0 Å². The quantitative estimate of drug-likeness (QED) is 0.643. The number of methoxy groups -OCH3 is 1. The topological polar surface area (TPSA) is 65.0 Å². The highest BCUT2D eigenvalue weighted by molar-refractivity contribution is 6.29. The lowest BCUT2D eigenvalue weighted by Gasteiger charge is -2.09. The van der Waals surface area contributed by atoms with Crippen LogP contribution < -0.4 is 0 Å². The van der Waals surface area contributed by atoms with Gasteiger partial charge in [-0.25, -0.2) is 9.78 Å². The molecule has 0 unspecified atom stereocenters. The van der Waals surface area contributed by atoms with Gasteiger partial charge in [-0.15, -0.1) is 5.10 Å². The second-order valence-electron chi connectivity index (χ2n) is 5.12. The molecule has 5 nitrogen and oxygen atoms in total. The maximum Gasteiger partial charge on any atom is 0.340 e. The highest BCUT2D eigenvalue weighted by Crippen LogP contribution is 2.40. The van der Waals surface area contributed by atoms with E-state index in [4.69, 9.17) is 16.3 Å². The molecule has 2 aromatic rings. The molecule has 0 aromatic carbocycles. The summed E-state index contributed by atoms with van der Waals surface area (Å²) in [5.41, 5.74) is 3.19. The summed E-state index contributed by atoms with van der Waals surface area (Å²) in [5.74, 6) is 0.0198. The van der Waals surface area contributed by atoms with Gasteiger partial charge >= 0.3 is 5.97 Å². The van der Waals surface area contributed by atoms with Gasteiger partial charge < -0.3 is 4.74 Å². The third kappa shape index (κ3) is 2.88. The van der Waals surface area contributed by atoms with Crippen molar-refractivity contribution in [2.75, 3.05) is 7.11 Å². The van der Waals surface area contributed by atoms with Crippen molar-refractivity contribution in [2.24, 2.45) is 0 Å². The minimum Gasteiger partial charge on any atom is -0.465 e. The molecular weight excluding hydrogens is 290 g/mol. The zero-order valence-corrected chi connectivity index (χ0v) is 12.5. The molecule has 108 valence electrons. The van der Waals surface area contributed by atoms with Crippen molar-refractivity contribution in [3.05, 3.63) is 40.3 Å². The van der Waals surface area contributed by atoms with E-state index in [0.29, 0.717) is 28.0 Å². The summed E-state index contributed by atoms with van der Waals surface area (Å²) >= 11 is 6.09. The van der Waals surface area contributed by atoms with E-state index in [2.05, 4.69) is 15.2 Å². The number of carbonyl (C=O) groups excluding carboxylic acids is 1. The molecule has 3 rings (SSSR count). The van der Waals surface area contributed by atoms with E-state index in [1.165, 1.54) is 7.11 Å². The Bertz CT molecular complexity index is 714. The van der Waals surface area contributed by atoms with Gasteiger partial charge in [-0.2, -0.15) is 5.10 Å². The summed E-state index contributed by atoms with van der Waals surface area (Å²) in [4.78, 5) is 16.3. The number of rotatable bonds is 3. The van der Waals surface area contributed by atoms with Gasteiger partial charge in [0.1, 0.15) is 10.8 Å². The van der Waals surface area contributed by atoms with Crippen LogP contribution >= 0.6 is 11.6 Å². The highest BCUT2D eigenvalue weighted by Gasteiger charge is 2.26. The van der Waals surface area contributed by atoms with Crippen molar-refractivity contribution < 1.29 is 9.53 Å². The second-order valence-corrected chi connectivity index (χ2v) is 5.50. The Morgan fingerprint density at radius 2 is 2.05 bits per heavy atom. The summed E-state index contributed by atoms with van der Waals surface area (Å²) in [6, 6.07) is 5.29. The zero-order valence-electron chi connectivity index (χ0n) is 11.8. The second kappa shape index (κ2) is 5.41. The lowest BCUT2D eigenvalue weighted by molar-refractivity contribution is 0.0601. The summed E-state index contributed by atoms with van der Waals surface area (Å²) in [6.07, 6.45) is 2.24. The molecule has 0 N–H and O–H groups in total. The molecule has 1 fully saturated rings. The standard InChI is InChI=1S/C15H14ClN3O2/c1-8-5-11(15(20)21-2)14(19-18-8)10-6-12(9-3-4-9)17-13(16)7-10/h5-7,9H,3-4H2,1-2H3. The van der Waals surface area contributed by atoms with Crippen LogP contribution in [0.3, 0.4) is 0 Å². The van der Waals surface area contributed by atoms with Gasteiger partial charge in [0.25, 0.3) is 0 Å². The molecule has 0 aliphatic heterocycles. The summed E-state index contributed by atoms with van der Waals surface area (Å²) < 4.78 is 4.82. The molecule has 2 aromatic heterocycles. The predicted octanol–water partition coefficient (Wildman–Crippen LogP) is 3.16. The van der Waals surface area contributed by atoms with Crippen molar-refractivity contribution in [1.82, 2.24) is 15.2 Å². The normalized spacial score (nSPS) is 14.0. The van der Waals surface area contributed by atoms with Crippen LogP contribution in [0, 0.1) is 6.92 Å². The highest BCUT2D eigenvalue weighted by atomic mass is 35.5. The van der Waals surface area contributed by atoms with Crippen LogP contribution in [0.25, 0.3) is 11.3 Å². The average Bonchev–Trinajstić information content (AvgIpc) is 3.30. The van der Waals surface area contributed by atoms with Crippen LogP contribution in [0.2, 0.25) is 5.15 Å². The first-order valence-corrected chi connectivity index (χ1v) is 7.07. The van der Waals surface area contributed by atoms with E-state index < -0.39 is 5.97 Å². The Balaban J connectivity index is 2.13. The van der Waals surface area contributed by atoms with Gasteiger partial charge in [-0.05, 0) is 38.0 Å². The molecule has 0 radical (unpaired) electrons. The molecule has 1 saturated carbocycles. The number of nitrogens with zero attached hydrogens (tertiary/aromatic N) is 3. The number of carbonyl (C=O) groups is 1.